The summed E-state index contributed by atoms with van der Waals surface area (Å²) >= 11 is 6.51. The molecule has 0 unspecified atom stereocenters. The maximum absolute atomic E-state index is 6.51. The fourth-order valence-corrected chi connectivity index (χ4v) is 5.15. The van der Waals surface area contributed by atoms with Gasteiger partial charge in [-0.1, -0.05) is 60.1 Å². The molecule has 0 aliphatic carbocycles. The molecule has 0 N–H and O–H groups in total. The van der Waals surface area contributed by atoms with Crippen molar-refractivity contribution in [2.24, 2.45) is 0 Å². The van der Waals surface area contributed by atoms with E-state index in [1.54, 1.807) is 0 Å². The topological polar surface area (TPSA) is 21.1 Å². The number of benzene rings is 2. The Morgan fingerprint density at radius 2 is 1.65 bits per heavy atom. The minimum Gasteiger partial charge on any atom is -0.355 e. The van der Waals surface area contributed by atoms with Crippen LogP contribution in [0.15, 0.2) is 66.9 Å². The molecule has 158 valence electrons. The van der Waals surface area contributed by atoms with Gasteiger partial charge in [0, 0.05) is 41.9 Å². The molecular weight excluding hydrogens is 402 g/mol. The first-order valence-corrected chi connectivity index (χ1v) is 11.5. The highest BCUT2D eigenvalue weighted by Gasteiger charge is 2.25. The Bertz CT molecular complexity index is 1200. The molecule has 0 atom stereocenters. The van der Waals surface area contributed by atoms with Crippen LogP contribution in [0.2, 0.25) is 5.02 Å². The molecule has 0 amide bonds. The maximum Gasteiger partial charge on any atom is 0.153 e. The number of fused-ring (bicyclic) bond motifs is 1. The van der Waals surface area contributed by atoms with E-state index in [0.29, 0.717) is 5.92 Å². The number of halogens is 1. The molecule has 5 rings (SSSR count). The summed E-state index contributed by atoms with van der Waals surface area (Å²) in [6, 6.07) is 21.2. The number of aromatic nitrogens is 2. The molecule has 3 heterocycles. The molecule has 1 fully saturated rings. The summed E-state index contributed by atoms with van der Waals surface area (Å²) in [5.74, 6) is 1.74. The second kappa shape index (κ2) is 8.39. The van der Waals surface area contributed by atoms with E-state index in [4.69, 9.17) is 16.6 Å². The molecule has 4 aromatic rings. The Morgan fingerprint density at radius 3 is 2.39 bits per heavy atom. The van der Waals surface area contributed by atoms with E-state index in [1.165, 1.54) is 27.7 Å². The highest BCUT2D eigenvalue weighted by molar-refractivity contribution is 6.31. The normalized spacial score (nSPS) is 15.0. The van der Waals surface area contributed by atoms with Gasteiger partial charge in [0.15, 0.2) is 5.82 Å². The van der Waals surface area contributed by atoms with Crippen LogP contribution in [-0.4, -0.2) is 22.6 Å². The third kappa shape index (κ3) is 3.72. The largest absolute Gasteiger partial charge is 0.355 e. The van der Waals surface area contributed by atoms with Crippen molar-refractivity contribution >= 4 is 28.3 Å². The summed E-state index contributed by atoms with van der Waals surface area (Å²) in [5, 5.41) is 2.11. The van der Waals surface area contributed by atoms with E-state index in [-0.39, 0.29) is 0 Å². The van der Waals surface area contributed by atoms with Crippen LogP contribution in [0.5, 0.6) is 0 Å². The lowest BCUT2D eigenvalue weighted by Gasteiger charge is -2.33. The van der Waals surface area contributed by atoms with Crippen LogP contribution in [0.25, 0.3) is 10.9 Å². The lowest BCUT2D eigenvalue weighted by molar-refractivity contribution is 0.503. The predicted octanol–water partition coefficient (Wildman–Crippen LogP) is 6.74. The molecule has 4 heteroatoms. The summed E-state index contributed by atoms with van der Waals surface area (Å²) in [5.41, 5.74) is 6.44. The van der Waals surface area contributed by atoms with Gasteiger partial charge in [-0.2, -0.15) is 0 Å². The Labute approximate surface area is 189 Å². The molecular formula is C27H28ClN3. The molecule has 0 spiro atoms. The van der Waals surface area contributed by atoms with Crippen LogP contribution < -0.4 is 4.90 Å². The number of piperidine rings is 1. The second-order valence-corrected chi connectivity index (χ2v) is 9.00. The number of hydrogen-bond acceptors (Lipinski definition) is 2. The third-order valence-electron chi connectivity index (χ3n) is 6.88. The lowest BCUT2D eigenvalue weighted by Crippen LogP contribution is -2.33. The Balaban J connectivity index is 1.50. The predicted molar refractivity (Wildman–Crippen MR) is 130 cm³/mol. The zero-order valence-electron chi connectivity index (χ0n) is 18.2. The van der Waals surface area contributed by atoms with Crippen molar-refractivity contribution in [3.8, 4) is 0 Å². The van der Waals surface area contributed by atoms with Crippen LogP contribution in [0.1, 0.15) is 41.1 Å². The minimum absolute atomic E-state index is 0.634. The molecule has 31 heavy (non-hydrogen) atoms. The first-order chi connectivity index (χ1) is 15.1. The number of hydrogen-bond donors (Lipinski definition) is 0. The van der Waals surface area contributed by atoms with Crippen LogP contribution in [0.4, 0.5) is 5.82 Å². The van der Waals surface area contributed by atoms with Crippen molar-refractivity contribution < 1.29 is 0 Å². The fraction of sp³-hybridized carbons (Fsp3) is 0.296. The second-order valence-electron chi connectivity index (χ2n) is 8.59. The lowest BCUT2D eigenvalue weighted by atomic mass is 9.89. The third-order valence-corrected chi connectivity index (χ3v) is 7.25. The fourth-order valence-electron chi connectivity index (χ4n) is 4.95. The van der Waals surface area contributed by atoms with Crippen molar-refractivity contribution in [2.75, 3.05) is 18.0 Å². The molecule has 0 saturated carbocycles. The van der Waals surface area contributed by atoms with Gasteiger partial charge in [0.1, 0.15) is 0 Å². The summed E-state index contributed by atoms with van der Waals surface area (Å²) in [6.07, 6.45) is 4.28. The number of nitrogens with zero attached hydrogens (tertiary/aromatic N) is 3. The van der Waals surface area contributed by atoms with Gasteiger partial charge in [0.05, 0.1) is 5.52 Å². The Morgan fingerprint density at radius 1 is 0.935 bits per heavy atom. The Kier molecular flexibility index (Phi) is 5.45. The van der Waals surface area contributed by atoms with E-state index < -0.39 is 0 Å². The number of aryl methyl sites for hydroxylation is 1. The summed E-state index contributed by atoms with van der Waals surface area (Å²) in [4.78, 5) is 7.36. The quantitative estimate of drug-likeness (QED) is 0.358. The number of pyridine rings is 1. The molecule has 1 saturated heterocycles. The summed E-state index contributed by atoms with van der Waals surface area (Å²) in [7, 11) is 0. The van der Waals surface area contributed by atoms with Gasteiger partial charge in [-0.15, -0.1) is 0 Å². The highest BCUT2D eigenvalue weighted by atomic mass is 35.5. The number of rotatable bonds is 4. The molecule has 2 aromatic heterocycles. The molecule has 3 nitrogen and oxygen atoms in total. The first kappa shape index (κ1) is 20.1. The highest BCUT2D eigenvalue weighted by Crippen LogP contribution is 2.36. The van der Waals surface area contributed by atoms with Gasteiger partial charge in [0.25, 0.3) is 0 Å². The molecule has 2 aromatic carbocycles. The molecule has 1 aliphatic heterocycles. The molecule has 0 radical (unpaired) electrons. The van der Waals surface area contributed by atoms with Gasteiger partial charge >= 0.3 is 0 Å². The maximum atomic E-state index is 6.51. The van der Waals surface area contributed by atoms with E-state index in [1.807, 2.05) is 18.3 Å². The van der Waals surface area contributed by atoms with E-state index in [0.717, 1.165) is 48.9 Å². The zero-order valence-corrected chi connectivity index (χ0v) is 18.9. The standard InChI is InChI=1S/C27H28ClN3/c1-19-20(2)31(18-23-10-6-7-11-25(23)28)26-24(19)12-15-29-27(26)30-16-13-22(14-17-30)21-8-4-3-5-9-21/h3-12,15,22H,13-14,16-18H2,1-2H3. The van der Waals surface area contributed by atoms with E-state index in [9.17, 15) is 0 Å². The average Bonchev–Trinajstić information content (AvgIpc) is 3.06. The van der Waals surface area contributed by atoms with Crippen molar-refractivity contribution in [2.45, 2.75) is 39.2 Å². The van der Waals surface area contributed by atoms with Crippen molar-refractivity contribution in [1.82, 2.24) is 9.55 Å². The minimum atomic E-state index is 0.634. The summed E-state index contributed by atoms with van der Waals surface area (Å²) in [6.45, 7) is 7.24. The average molecular weight is 430 g/mol. The van der Waals surface area contributed by atoms with Crippen LogP contribution >= 0.6 is 11.6 Å². The van der Waals surface area contributed by atoms with Crippen LogP contribution in [-0.2, 0) is 6.54 Å². The zero-order chi connectivity index (χ0) is 21.4. The van der Waals surface area contributed by atoms with Crippen LogP contribution in [0.3, 0.4) is 0 Å². The van der Waals surface area contributed by atoms with E-state index >= 15 is 0 Å². The molecule has 0 bridgehead atoms. The van der Waals surface area contributed by atoms with Crippen LogP contribution in [0, 0.1) is 13.8 Å². The smallest absolute Gasteiger partial charge is 0.153 e. The van der Waals surface area contributed by atoms with E-state index in [2.05, 4.69) is 71.8 Å². The Hall–Kier alpha value is -2.78. The van der Waals surface area contributed by atoms with Gasteiger partial charge in [-0.05, 0) is 61.4 Å². The van der Waals surface area contributed by atoms with Crippen molar-refractivity contribution in [3.63, 3.8) is 0 Å². The molecule has 1 aliphatic rings. The summed E-state index contributed by atoms with van der Waals surface area (Å²) < 4.78 is 2.40. The number of anilines is 1. The van der Waals surface area contributed by atoms with Gasteiger partial charge in [0.2, 0.25) is 0 Å². The first-order valence-electron chi connectivity index (χ1n) is 11.1. The van der Waals surface area contributed by atoms with Gasteiger partial charge in [-0.3, -0.25) is 0 Å². The van der Waals surface area contributed by atoms with Gasteiger partial charge in [-0.25, -0.2) is 4.98 Å². The van der Waals surface area contributed by atoms with Crippen molar-refractivity contribution in [1.29, 1.82) is 0 Å². The SMILES string of the molecule is Cc1c(C)n(Cc2ccccc2Cl)c2c(N3CCC(c4ccccc4)CC3)nccc12. The monoisotopic (exact) mass is 429 g/mol. The van der Waals surface area contributed by atoms with Gasteiger partial charge < -0.3 is 9.47 Å². The van der Waals surface area contributed by atoms with Crippen molar-refractivity contribution in [3.05, 3.63) is 94.3 Å².